The molecule has 1 heterocycles. The maximum atomic E-state index is 6.14. The summed E-state index contributed by atoms with van der Waals surface area (Å²) in [5, 5.41) is 2.48. The molecule has 20 heavy (non-hydrogen) atoms. The average Bonchev–Trinajstić information content (AvgIpc) is 2.83. The first kappa shape index (κ1) is 13.3. The second-order valence-electron chi connectivity index (χ2n) is 4.61. The molecular weight excluding hydrogens is 293 g/mol. The second kappa shape index (κ2) is 5.39. The zero-order valence-corrected chi connectivity index (χ0v) is 12.4. The largest absolute Gasteiger partial charge is 0.496 e. The SMILES string of the molecule is COc1cc(Cl)cc2c1ccn2Cc1ccc(Cl)cc1. The number of fused-ring (bicyclic) bond motifs is 1. The Morgan fingerprint density at radius 2 is 1.75 bits per heavy atom. The Morgan fingerprint density at radius 3 is 2.45 bits per heavy atom. The minimum absolute atomic E-state index is 0.672. The summed E-state index contributed by atoms with van der Waals surface area (Å²) in [6.07, 6.45) is 2.04. The number of hydrogen-bond donors (Lipinski definition) is 0. The van der Waals surface area contributed by atoms with Crippen LogP contribution in [-0.2, 0) is 6.54 Å². The van der Waals surface area contributed by atoms with Crippen molar-refractivity contribution in [2.24, 2.45) is 0 Å². The number of halogens is 2. The highest BCUT2D eigenvalue weighted by Crippen LogP contribution is 2.31. The third-order valence-electron chi connectivity index (χ3n) is 3.30. The quantitative estimate of drug-likeness (QED) is 0.664. The average molecular weight is 306 g/mol. The van der Waals surface area contributed by atoms with Crippen molar-refractivity contribution in [1.82, 2.24) is 4.57 Å². The van der Waals surface area contributed by atoms with Crippen molar-refractivity contribution in [3.05, 3.63) is 64.3 Å². The van der Waals surface area contributed by atoms with Crippen LogP contribution in [0.1, 0.15) is 5.56 Å². The molecule has 0 atom stereocenters. The predicted molar refractivity (Wildman–Crippen MR) is 84.1 cm³/mol. The maximum absolute atomic E-state index is 6.14. The minimum Gasteiger partial charge on any atom is -0.496 e. The van der Waals surface area contributed by atoms with Crippen molar-refractivity contribution in [2.75, 3.05) is 7.11 Å². The van der Waals surface area contributed by atoms with Gasteiger partial charge in [0.15, 0.2) is 0 Å². The fourth-order valence-corrected chi connectivity index (χ4v) is 2.65. The molecule has 0 spiro atoms. The Morgan fingerprint density at radius 1 is 1.00 bits per heavy atom. The van der Waals surface area contributed by atoms with E-state index in [4.69, 9.17) is 27.9 Å². The molecule has 3 aromatic rings. The first-order valence-electron chi connectivity index (χ1n) is 6.24. The van der Waals surface area contributed by atoms with Gasteiger partial charge in [-0.1, -0.05) is 35.3 Å². The van der Waals surface area contributed by atoms with Gasteiger partial charge >= 0.3 is 0 Å². The number of methoxy groups -OCH3 is 1. The summed E-state index contributed by atoms with van der Waals surface area (Å²) in [4.78, 5) is 0. The Balaban J connectivity index is 2.04. The highest BCUT2D eigenvalue weighted by atomic mass is 35.5. The lowest BCUT2D eigenvalue weighted by molar-refractivity contribution is 0.420. The molecule has 0 radical (unpaired) electrons. The van der Waals surface area contributed by atoms with Gasteiger partial charge in [0.05, 0.1) is 12.6 Å². The first-order valence-corrected chi connectivity index (χ1v) is 7.00. The van der Waals surface area contributed by atoms with E-state index in [2.05, 4.69) is 4.57 Å². The predicted octanol–water partition coefficient (Wildman–Crippen LogP) is 5.01. The third kappa shape index (κ3) is 2.49. The normalized spacial score (nSPS) is 10.9. The summed E-state index contributed by atoms with van der Waals surface area (Å²) >= 11 is 12.1. The van der Waals surface area contributed by atoms with Gasteiger partial charge in [0.2, 0.25) is 0 Å². The minimum atomic E-state index is 0.672. The molecule has 3 rings (SSSR count). The van der Waals surface area contributed by atoms with Gasteiger partial charge in [-0.15, -0.1) is 0 Å². The fraction of sp³-hybridized carbons (Fsp3) is 0.125. The van der Waals surface area contributed by atoms with Crippen LogP contribution in [0.25, 0.3) is 10.9 Å². The van der Waals surface area contributed by atoms with Crippen molar-refractivity contribution >= 4 is 34.1 Å². The van der Waals surface area contributed by atoms with Gasteiger partial charge in [0.1, 0.15) is 5.75 Å². The standard InChI is InChI=1S/C16H13Cl2NO/c1-20-16-9-13(18)8-15-14(16)6-7-19(15)10-11-2-4-12(17)5-3-11/h2-9H,10H2,1H3. The fourth-order valence-electron chi connectivity index (χ4n) is 2.32. The molecule has 0 N–H and O–H groups in total. The lowest BCUT2D eigenvalue weighted by atomic mass is 10.2. The Kier molecular flexibility index (Phi) is 3.60. The van der Waals surface area contributed by atoms with E-state index >= 15 is 0 Å². The summed E-state index contributed by atoms with van der Waals surface area (Å²) in [5.74, 6) is 0.794. The number of ether oxygens (including phenoxy) is 1. The number of hydrogen-bond acceptors (Lipinski definition) is 1. The summed E-state index contributed by atoms with van der Waals surface area (Å²) in [5.41, 5.74) is 2.25. The van der Waals surface area contributed by atoms with Crippen molar-refractivity contribution in [1.29, 1.82) is 0 Å². The third-order valence-corrected chi connectivity index (χ3v) is 3.77. The van der Waals surface area contributed by atoms with Gasteiger partial charge in [-0.2, -0.15) is 0 Å². The van der Waals surface area contributed by atoms with Crippen LogP contribution >= 0.6 is 23.2 Å². The molecule has 0 bridgehead atoms. The number of benzene rings is 2. The van der Waals surface area contributed by atoms with Crippen LogP contribution in [0.3, 0.4) is 0 Å². The van der Waals surface area contributed by atoms with Crippen molar-refractivity contribution in [3.63, 3.8) is 0 Å². The van der Waals surface area contributed by atoms with E-state index in [9.17, 15) is 0 Å². The summed E-state index contributed by atoms with van der Waals surface area (Å²) < 4.78 is 7.52. The number of nitrogens with zero attached hydrogens (tertiary/aromatic N) is 1. The molecule has 0 unspecified atom stereocenters. The van der Waals surface area contributed by atoms with Crippen LogP contribution in [0.2, 0.25) is 10.0 Å². The number of aromatic nitrogens is 1. The molecule has 102 valence electrons. The molecule has 2 nitrogen and oxygen atoms in total. The molecule has 1 aromatic heterocycles. The molecule has 4 heteroatoms. The van der Waals surface area contributed by atoms with Crippen LogP contribution in [-0.4, -0.2) is 11.7 Å². The van der Waals surface area contributed by atoms with Gasteiger partial charge in [-0.05, 0) is 35.9 Å². The van der Waals surface area contributed by atoms with Crippen LogP contribution in [0.15, 0.2) is 48.7 Å². The van der Waals surface area contributed by atoms with Crippen LogP contribution < -0.4 is 4.74 Å². The van der Waals surface area contributed by atoms with E-state index < -0.39 is 0 Å². The number of rotatable bonds is 3. The van der Waals surface area contributed by atoms with Crippen molar-refractivity contribution < 1.29 is 4.74 Å². The summed E-state index contributed by atoms with van der Waals surface area (Å²) in [7, 11) is 1.65. The van der Waals surface area contributed by atoms with E-state index in [1.807, 2.05) is 48.7 Å². The monoisotopic (exact) mass is 305 g/mol. The van der Waals surface area contributed by atoms with E-state index in [0.717, 1.165) is 28.2 Å². The smallest absolute Gasteiger partial charge is 0.129 e. The van der Waals surface area contributed by atoms with Crippen LogP contribution in [0.5, 0.6) is 5.75 Å². The Bertz CT molecular complexity index is 747. The molecule has 0 saturated carbocycles. The lowest BCUT2D eigenvalue weighted by Crippen LogP contribution is -1.97. The summed E-state index contributed by atoms with van der Waals surface area (Å²) in [6.45, 7) is 0.768. The maximum Gasteiger partial charge on any atom is 0.129 e. The van der Waals surface area contributed by atoms with Crippen molar-refractivity contribution in [2.45, 2.75) is 6.54 Å². The molecule has 0 fully saturated rings. The van der Waals surface area contributed by atoms with Gasteiger partial charge in [0.25, 0.3) is 0 Å². The first-order chi connectivity index (χ1) is 9.67. The Hall–Kier alpha value is -1.64. The van der Waals surface area contributed by atoms with Crippen LogP contribution in [0.4, 0.5) is 0 Å². The molecule has 0 aliphatic heterocycles. The van der Waals surface area contributed by atoms with Crippen molar-refractivity contribution in [3.8, 4) is 5.75 Å². The molecule has 0 amide bonds. The molecule has 0 aliphatic carbocycles. The zero-order chi connectivity index (χ0) is 14.1. The van der Waals surface area contributed by atoms with E-state index in [1.165, 1.54) is 5.56 Å². The second-order valence-corrected chi connectivity index (χ2v) is 5.48. The van der Waals surface area contributed by atoms with Gasteiger partial charge in [-0.25, -0.2) is 0 Å². The summed E-state index contributed by atoms with van der Waals surface area (Å²) in [6, 6.07) is 13.7. The zero-order valence-electron chi connectivity index (χ0n) is 10.9. The topological polar surface area (TPSA) is 14.2 Å². The van der Waals surface area contributed by atoms with Crippen LogP contribution in [0, 0.1) is 0 Å². The molecular formula is C16H13Cl2NO. The van der Waals surface area contributed by atoms with E-state index in [-0.39, 0.29) is 0 Å². The highest BCUT2D eigenvalue weighted by molar-refractivity contribution is 6.31. The highest BCUT2D eigenvalue weighted by Gasteiger charge is 2.08. The van der Waals surface area contributed by atoms with Gasteiger partial charge in [-0.3, -0.25) is 0 Å². The molecule has 0 saturated heterocycles. The Labute approximate surface area is 127 Å². The molecule has 0 aliphatic rings. The van der Waals surface area contributed by atoms with Gasteiger partial charge < -0.3 is 9.30 Å². The van der Waals surface area contributed by atoms with E-state index in [1.54, 1.807) is 7.11 Å². The van der Waals surface area contributed by atoms with Gasteiger partial charge in [0, 0.05) is 28.2 Å². The lowest BCUT2D eigenvalue weighted by Gasteiger charge is -2.08. The van der Waals surface area contributed by atoms with E-state index in [0.29, 0.717) is 5.02 Å². The molecule has 2 aromatic carbocycles.